The Bertz CT molecular complexity index is 809. The van der Waals surface area contributed by atoms with Gasteiger partial charge in [-0.2, -0.15) is 0 Å². The minimum absolute atomic E-state index is 0.192. The van der Waals surface area contributed by atoms with E-state index in [-0.39, 0.29) is 11.5 Å². The number of amides is 1. The molecule has 0 aliphatic carbocycles. The number of anilines is 1. The van der Waals surface area contributed by atoms with E-state index in [0.29, 0.717) is 17.3 Å². The second kappa shape index (κ2) is 6.15. The van der Waals surface area contributed by atoms with E-state index in [2.05, 4.69) is 15.6 Å². The second-order valence-electron chi connectivity index (χ2n) is 4.86. The number of rotatable bonds is 3. The zero-order valence-electron chi connectivity index (χ0n) is 12.0. The van der Waals surface area contributed by atoms with E-state index in [9.17, 15) is 9.59 Å². The Kier molecular flexibility index (Phi) is 3.88. The summed E-state index contributed by atoms with van der Waals surface area (Å²) in [5.74, 6) is -0.977. The number of carboxylic acids is 1. The molecule has 3 N–H and O–H groups in total. The van der Waals surface area contributed by atoms with Gasteiger partial charge in [-0.3, -0.25) is 10.1 Å². The zero-order chi connectivity index (χ0) is 16.2. The van der Waals surface area contributed by atoms with Gasteiger partial charge in [0.1, 0.15) is 5.70 Å². The molecule has 23 heavy (non-hydrogen) atoms. The number of nitrogens with one attached hydrogen (secondary N) is 2. The van der Waals surface area contributed by atoms with E-state index >= 15 is 0 Å². The van der Waals surface area contributed by atoms with Crippen LogP contribution >= 0.6 is 0 Å². The summed E-state index contributed by atoms with van der Waals surface area (Å²) in [5, 5.41) is 14.4. The molecule has 114 valence electrons. The van der Waals surface area contributed by atoms with E-state index in [0.717, 1.165) is 5.56 Å². The van der Waals surface area contributed by atoms with Crippen LogP contribution in [0.25, 0.3) is 6.08 Å². The highest BCUT2D eigenvalue weighted by molar-refractivity contribution is 6.17. The van der Waals surface area contributed by atoms with Crippen molar-refractivity contribution in [3.63, 3.8) is 0 Å². The zero-order valence-corrected chi connectivity index (χ0v) is 12.0. The van der Waals surface area contributed by atoms with Crippen LogP contribution < -0.4 is 10.6 Å². The molecule has 0 spiro atoms. The van der Waals surface area contributed by atoms with Crippen molar-refractivity contribution in [2.24, 2.45) is 4.99 Å². The lowest BCUT2D eigenvalue weighted by Gasteiger charge is -2.05. The molecule has 2 aromatic rings. The molecule has 0 saturated carbocycles. The van der Waals surface area contributed by atoms with Crippen molar-refractivity contribution in [3.05, 3.63) is 71.4 Å². The van der Waals surface area contributed by atoms with E-state index in [4.69, 9.17) is 5.11 Å². The lowest BCUT2D eigenvalue weighted by atomic mass is 10.2. The molecular weight excluding hydrogens is 294 g/mol. The van der Waals surface area contributed by atoms with Gasteiger partial charge in [-0.05, 0) is 35.9 Å². The summed E-state index contributed by atoms with van der Waals surface area (Å²) in [6.07, 6.45) is 1.69. The van der Waals surface area contributed by atoms with Crippen LogP contribution in [0.4, 0.5) is 5.69 Å². The highest BCUT2D eigenvalue weighted by Crippen LogP contribution is 2.14. The van der Waals surface area contributed by atoms with Gasteiger partial charge in [0.2, 0.25) is 5.96 Å². The van der Waals surface area contributed by atoms with Crippen molar-refractivity contribution in [3.8, 4) is 0 Å². The molecule has 0 aromatic heterocycles. The maximum Gasteiger partial charge on any atom is 0.335 e. The molecule has 0 radical (unpaired) electrons. The van der Waals surface area contributed by atoms with Crippen molar-refractivity contribution in [1.82, 2.24) is 5.32 Å². The SMILES string of the molecule is O=C1NC(Nc2ccc(C(=O)O)cc2)=NC1=Cc1ccccc1. The first kappa shape index (κ1) is 14.5. The van der Waals surface area contributed by atoms with Gasteiger partial charge in [0.25, 0.3) is 5.91 Å². The van der Waals surface area contributed by atoms with Crippen LogP contribution in [0.1, 0.15) is 15.9 Å². The number of aliphatic imine (C=N–C) groups is 1. The molecule has 0 saturated heterocycles. The van der Waals surface area contributed by atoms with Gasteiger partial charge >= 0.3 is 5.97 Å². The Hall–Kier alpha value is -3.41. The molecule has 2 aromatic carbocycles. The molecule has 6 heteroatoms. The van der Waals surface area contributed by atoms with Crippen molar-refractivity contribution < 1.29 is 14.7 Å². The van der Waals surface area contributed by atoms with E-state index in [1.54, 1.807) is 18.2 Å². The summed E-state index contributed by atoms with van der Waals surface area (Å²) < 4.78 is 0. The number of hydrogen-bond acceptors (Lipinski definition) is 4. The third-order valence-corrected chi connectivity index (χ3v) is 3.19. The summed E-state index contributed by atoms with van der Waals surface area (Å²) in [5.41, 5.74) is 2.02. The Morgan fingerprint density at radius 1 is 1.09 bits per heavy atom. The van der Waals surface area contributed by atoms with Gasteiger partial charge in [0.15, 0.2) is 0 Å². The van der Waals surface area contributed by atoms with Gasteiger partial charge in [0.05, 0.1) is 5.56 Å². The van der Waals surface area contributed by atoms with Crippen LogP contribution in [0.15, 0.2) is 65.3 Å². The van der Waals surface area contributed by atoms with Crippen LogP contribution in [0.2, 0.25) is 0 Å². The highest BCUT2D eigenvalue weighted by atomic mass is 16.4. The average Bonchev–Trinajstić information content (AvgIpc) is 2.88. The predicted octanol–water partition coefficient (Wildman–Crippen LogP) is 2.32. The number of carboxylic acid groups (broad SMARTS) is 1. The number of nitrogens with zero attached hydrogens (tertiary/aromatic N) is 1. The predicted molar refractivity (Wildman–Crippen MR) is 87.0 cm³/mol. The van der Waals surface area contributed by atoms with Crippen molar-refractivity contribution in [2.45, 2.75) is 0 Å². The Labute approximate surface area is 132 Å². The van der Waals surface area contributed by atoms with Gasteiger partial charge in [0, 0.05) is 5.69 Å². The Morgan fingerprint density at radius 3 is 2.43 bits per heavy atom. The lowest BCUT2D eigenvalue weighted by molar-refractivity contribution is -0.115. The maximum atomic E-state index is 11.9. The molecule has 3 rings (SSSR count). The highest BCUT2D eigenvalue weighted by Gasteiger charge is 2.20. The molecule has 1 amide bonds. The van der Waals surface area contributed by atoms with Crippen LogP contribution in [-0.2, 0) is 4.79 Å². The Morgan fingerprint density at radius 2 is 1.78 bits per heavy atom. The van der Waals surface area contributed by atoms with E-state index < -0.39 is 5.97 Å². The van der Waals surface area contributed by atoms with E-state index in [1.165, 1.54) is 12.1 Å². The lowest BCUT2D eigenvalue weighted by Crippen LogP contribution is -2.29. The van der Waals surface area contributed by atoms with Gasteiger partial charge in [-0.1, -0.05) is 30.3 Å². The van der Waals surface area contributed by atoms with Crippen LogP contribution in [0, 0.1) is 0 Å². The molecule has 1 aliphatic heterocycles. The molecule has 6 nitrogen and oxygen atoms in total. The molecule has 0 fully saturated rings. The number of benzene rings is 2. The molecule has 0 unspecified atom stereocenters. The largest absolute Gasteiger partial charge is 0.478 e. The van der Waals surface area contributed by atoms with Crippen LogP contribution in [-0.4, -0.2) is 22.9 Å². The van der Waals surface area contributed by atoms with Crippen LogP contribution in [0.3, 0.4) is 0 Å². The smallest absolute Gasteiger partial charge is 0.335 e. The summed E-state index contributed by atoms with van der Waals surface area (Å²) in [7, 11) is 0. The molecule has 0 atom stereocenters. The van der Waals surface area contributed by atoms with Crippen LogP contribution in [0.5, 0.6) is 0 Å². The van der Waals surface area contributed by atoms with Gasteiger partial charge in [-0.15, -0.1) is 0 Å². The quantitative estimate of drug-likeness (QED) is 0.759. The number of guanidine groups is 1. The summed E-state index contributed by atoms with van der Waals surface area (Å²) >= 11 is 0. The van der Waals surface area contributed by atoms with E-state index in [1.807, 2.05) is 30.3 Å². The minimum atomic E-state index is -0.990. The van der Waals surface area contributed by atoms with Crippen molar-refractivity contribution in [2.75, 3.05) is 5.32 Å². The summed E-state index contributed by atoms with van der Waals surface area (Å²) in [4.78, 5) is 26.9. The fourth-order valence-electron chi connectivity index (χ4n) is 2.07. The summed E-state index contributed by atoms with van der Waals surface area (Å²) in [6, 6.07) is 15.6. The number of aromatic carboxylic acids is 1. The minimum Gasteiger partial charge on any atom is -0.478 e. The summed E-state index contributed by atoms with van der Waals surface area (Å²) in [6.45, 7) is 0. The maximum absolute atomic E-state index is 11.9. The Balaban J connectivity index is 1.76. The number of hydrogen-bond donors (Lipinski definition) is 3. The first-order chi connectivity index (χ1) is 11.1. The molecule has 1 aliphatic rings. The fourth-order valence-corrected chi connectivity index (χ4v) is 2.07. The van der Waals surface area contributed by atoms with Gasteiger partial charge in [-0.25, -0.2) is 9.79 Å². The first-order valence-electron chi connectivity index (χ1n) is 6.89. The molecule has 0 bridgehead atoms. The topological polar surface area (TPSA) is 90.8 Å². The molecular formula is C17H13N3O3. The molecule has 1 heterocycles. The average molecular weight is 307 g/mol. The first-order valence-corrected chi connectivity index (χ1v) is 6.89. The normalized spacial score (nSPS) is 15.2. The standard InChI is InChI=1S/C17H13N3O3/c21-15-14(10-11-4-2-1-3-5-11)19-17(20-15)18-13-8-6-12(7-9-13)16(22)23/h1-10H,(H,22,23)(H2,18,19,20,21). The second-order valence-corrected chi connectivity index (χ2v) is 4.86. The third-order valence-electron chi connectivity index (χ3n) is 3.19. The number of carbonyl (C=O) groups is 2. The van der Waals surface area contributed by atoms with Crippen molar-refractivity contribution >= 4 is 29.6 Å². The number of carbonyl (C=O) groups excluding carboxylic acids is 1. The third kappa shape index (κ3) is 3.44. The monoisotopic (exact) mass is 307 g/mol. The van der Waals surface area contributed by atoms with Gasteiger partial charge < -0.3 is 10.4 Å². The fraction of sp³-hybridized carbons (Fsp3) is 0. The van der Waals surface area contributed by atoms with Crippen molar-refractivity contribution in [1.29, 1.82) is 0 Å².